The summed E-state index contributed by atoms with van der Waals surface area (Å²) in [5, 5.41) is 3.93. The van der Waals surface area contributed by atoms with Crippen molar-refractivity contribution < 1.29 is 9.18 Å². The van der Waals surface area contributed by atoms with Gasteiger partial charge in [-0.2, -0.15) is 0 Å². The van der Waals surface area contributed by atoms with Crippen LogP contribution in [-0.4, -0.2) is 17.0 Å². The number of aryl methyl sites for hydroxylation is 2. The van der Waals surface area contributed by atoms with E-state index in [1.54, 1.807) is 6.20 Å². The van der Waals surface area contributed by atoms with Crippen molar-refractivity contribution in [3.63, 3.8) is 0 Å². The molecule has 2 aromatic rings. The zero-order chi connectivity index (χ0) is 16.1. The Balaban J connectivity index is 1.89. The predicted molar refractivity (Wildman–Crippen MR) is 86.5 cm³/mol. The quantitative estimate of drug-likeness (QED) is 0.916. The molecule has 1 aromatic heterocycles. The number of hydrogen-bond acceptors (Lipinski definition) is 1. The highest BCUT2D eigenvalue weighted by molar-refractivity contribution is 6.08. The summed E-state index contributed by atoms with van der Waals surface area (Å²) >= 11 is 0. The normalized spacial score (nSPS) is 23.8. The minimum atomic E-state index is -0.269. The third kappa shape index (κ3) is 2.31. The molecule has 0 spiro atoms. The van der Waals surface area contributed by atoms with Gasteiger partial charge in [-0.1, -0.05) is 13.8 Å². The molecule has 3 nitrogen and oxygen atoms in total. The summed E-state index contributed by atoms with van der Waals surface area (Å²) in [7, 11) is 1.84. The molecule has 1 amide bonds. The highest BCUT2D eigenvalue weighted by Gasteiger charge is 2.49. The lowest BCUT2D eigenvalue weighted by molar-refractivity contribution is 0.0944. The smallest absolute Gasteiger partial charge is 0.253 e. The number of amides is 1. The van der Waals surface area contributed by atoms with Gasteiger partial charge in [0.05, 0.1) is 11.1 Å². The van der Waals surface area contributed by atoms with E-state index in [-0.39, 0.29) is 17.1 Å². The van der Waals surface area contributed by atoms with Crippen molar-refractivity contribution >= 4 is 16.8 Å². The van der Waals surface area contributed by atoms with E-state index in [4.69, 9.17) is 0 Å². The summed E-state index contributed by atoms with van der Waals surface area (Å²) in [6, 6.07) is 2.96. The number of nitrogens with one attached hydrogen (secondary N) is 1. The maximum Gasteiger partial charge on any atom is 0.253 e. The maximum absolute atomic E-state index is 13.6. The summed E-state index contributed by atoms with van der Waals surface area (Å²) in [4.78, 5) is 12.6. The van der Waals surface area contributed by atoms with Crippen LogP contribution in [0.5, 0.6) is 0 Å². The minimum absolute atomic E-state index is 0.0627. The van der Waals surface area contributed by atoms with Gasteiger partial charge in [0, 0.05) is 25.2 Å². The molecule has 0 aliphatic heterocycles. The third-order valence-electron chi connectivity index (χ3n) is 5.40. The van der Waals surface area contributed by atoms with Gasteiger partial charge >= 0.3 is 0 Å². The van der Waals surface area contributed by atoms with E-state index in [0.717, 1.165) is 29.4 Å². The molecule has 0 radical (unpaired) electrons. The number of nitrogens with zero attached hydrogens (tertiary/aromatic N) is 1. The lowest BCUT2D eigenvalue weighted by atomic mass is 10.0. The molecule has 4 heteroatoms. The van der Waals surface area contributed by atoms with E-state index in [9.17, 15) is 9.18 Å². The average molecular weight is 302 g/mol. The van der Waals surface area contributed by atoms with E-state index < -0.39 is 0 Å². The van der Waals surface area contributed by atoms with Crippen LogP contribution in [0.25, 0.3) is 10.9 Å². The molecule has 1 N–H and O–H groups in total. The van der Waals surface area contributed by atoms with Crippen molar-refractivity contribution in [3.8, 4) is 0 Å². The molecule has 22 heavy (non-hydrogen) atoms. The van der Waals surface area contributed by atoms with Crippen LogP contribution in [0.3, 0.4) is 0 Å². The molecule has 2 unspecified atom stereocenters. The van der Waals surface area contributed by atoms with E-state index in [0.29, 0.717) is 11.5 Å². The van der Waals surface area contributed by atoms with Crippen molar-refractivity contribution in [1.82, 2.24) is 9.88 Å². The van der Waals surface area contributed by atoms with Gasteiger partial charge in [-0.25, -0.2) is 4.39 Å². The number of carbonyl (C=O) groups is 1. The molecule has 1 aliphatic carbocycles. The standard InChI is InChI=1S/C18H23FN2O/c1-5-18(8-12(18)3)10-20-17(22)14-9-21(4)15-7-13(19)6-11(2)16(14)15/h6-7,9,12H,5,8,10H2,1-4H3,(H,20,22). The first-order chi connectivity index (χ1) is 10.4. The molecule has 1 aromatic carbocycles. The summed E-state index contributed by atoms with van der Waals surface area (Å²) in [5.74, 6) is 0.350. The van der Waals surface area contributed by atoms with Gasteiger partial charge < -0.3 is 9.88 Å². The topological polar surface area (TPSA) is 34.0 Å². The number of carbonyl (C=O) groups excluding carboxylic acids is 1. The summed E-state index contributed by atoms with van der Waals surface area (Å²) < 4.78 is 15.4. The molecule has 1 heterocycles. The molecule has 1 aliphatic rings. The first-order valence-corrected chi connectivity index (χ1v) is 7.91. The third-order valence-corrected chi connectivity index (χ3v) is 5.40. The fourth-order valence-electron chi connectivity index (χ4n) is 3.62. The van der Waals surface area contributed by atoms with Crippen LogP contribution < -0.4 is 5.32 Å². The van der Waals surface area contributed by atoms with Crippen molar-refractivity contribution in [1.29, 1.82) is 0 Å². The number of halogens is 1. The van der Waals surface area contributed by atoms with Gasteiger partial charge in [0.15, 0.2) is 0 Å². The second-order valence-corrected chi connectivity index (χ2v) is 6.77. The monoisotopic (exact) mass is 302 g/mol. The fraction of sp³-hybridized carbons (Fsp3) is 0.500. The molecule has 1 fully saturated rings. The molecule has 118 valence electrons. The van der Waals surface area contributed by atoms with Gasteiger partial charge in [-0.05, 0) is 48.8 Å². The predicted octanol–water partition coefficient (Wildman–Crippen LogP) is 3.79. The van der Waals surface area contributed by atoms with Crippen LogP contribution >= 0.6 is 0 Å². The Morgan fingerprint density at radius 3 is 2.77 bits per heavy atom. The Bertz CT molecular complexity index is 745. The van der Waals surface area contributed by atoms with E-state index >= 15 is 0 Å². The molecular formula is C18H23FN2O. The van der Waals surface area contributed by atoms with Crippen LogP contribution in [0, 0.1) is 24.1 Å². The SMILES string of the molecule is CCC1(CNC(=O)c2cn(C)c3cc(F)cc(C)c23)CC1C. The minimum Gasteiger partial charge on any atom is -0.351 e. The zero-order valence-corrected chi connectivity index (χ0v) is 13.7. The van der Waals surface area contributed by atoms with Crippen molar-refractivity contribution in [2.45, 2.75) is 33.6 Å². The number of hydrogen-bond donors (Lipinski definition) is 1. The van der Waals surface area contributed by atoms with Crippen LogP contribution in [0.2, 0.25) is 0 Å². The fourth-order valence-corrected chi connectivity index (χ4v) is 3.62. The molecule has 3 rings (SSSR count). The van der Waals surface area contributed by atoms with Crippen molar-refractivity contribution in [3.05, 3.63) is 35.3 Å². The lowest BCUT2D eigenvalue weighted by Gasteiger charge is -2.15. The molecule has 1 saturated carbocycles. The second kappa shape index (κ2) is 5.11. The first-order valence-electron chi connectivity index (χ1n) is 7.91. The Morgan fingerprint density at radius 2 is 2.18 bits per heavy atom. The molecule has 0 saturated heterocycles. The Hall–Kier alpha value is -1.84. The summed E-state index contributed by atoms with van der Waals surface area (Å²) in [6.45, 7) is 6.99. The van der Waals surface area contributed by atoms with Crippen LogP contribution in [-0.2, 0) is 7.05 Å². The number of aromatic nitrogens is 1. The van der Waals surface area contributed by atoms with Gasteiger partial charge in [-0.15, -0.1) is 0 Å². The maximum atomic E-state index is 13.6. The van der Waals surface area contributed by atoms with Gasteiger partial charge in [0.1, 0.15) is 5.82 Å². The highest BCUT2D eigenvalue weighted by atomic mass is 19.1. The Morgan fingerprint density at radius 1 is 1.50 bits per heavy atom. The Labute approximate surface area is 130 Å². The van der Waals surface area contributed by atoms with Gasteiger partial charge in [0.2, 0.25) is 0 Å². The first kappa shape index (κ1) is 15.1. The van der Waals surface area contributed by atoms with Gasteiger partial charge in [0.25, 0.3) is 5.91 Å². The average Bonchev–Trinajstić information content (AvgIpc) is 3.00. The molecule has 0 bridgehead atoms. The molecule has 2 atom stereocenters. The van der Waals surface area contributed by atoms with Gasteiger partial charge in [-0.3, -0.25) is 4.79 Å². The lowest BCUT2D eigenvalue weighted by Crippen LogP contribution is -2.30. The summed E-state index contributed by atoms with van der Waals surface area (Å²) in [5.41, 5.74) is 2.47. The van der Waals surface area contributed by atoms with Crippen molar-refractivity contribution in [2.75, 3.05) is 6.54 Å². The second-order valence-electron chi connectivity index (χ2n) is 6.77. The van der Waals surface area contributed by atoms with Crippen LogP contribution in [0.15, 0.2) is 18.3 Å². The van der Waals surface area contributed by atoms with E-state index in [2.05, 4.69) is 19.2 Å². The van der Waals surface area contributed by atoms with E-state index in [1.165, 1.54) is 18.6 Å². The number of benzene rings is 1. The van der Waals surface area contributed by atoms with E-state index in [1.807, 2.05) is 18.5 Å². The summed E-state index contributed by atoms with van der Waals surface area (Å²) in [6.07, 6.45) is 4.07. The van der Waals surface area contributed by atoms with Crippen molar-refractivity contribution in [2.24, 2.45) is 18.4 Å². The zero-order valence-electron chi connectivity index (χ0n) is 13.7. The largest absolute Gasteiger partial charge is 0.351 e. The number of fused-ring (bicyclic) bond motifs is 1. The van der Waals surface area contributed by atoms with Crippen LogP contribution in [0.4, 0.5) is 4.39 Å². The molecular weight excluding hydrogens is 279 g/mol. The van der Waals surface area contributed by atoms with Crippen LogP contribution in [0.1, 0.15) is 42.6 Å². The highest BCUT2D eigenvalue weighted by Crippen LogP contribution is 2.54. The number of rotatable bonds is 4. The Kier molecular flexibility index (Phi) is 3.50.